The first-order valence-electron chi connectivity index (χ1n) is 6.40. The van der Waals surface area contributed by atoms with Gasteiger partial charge in [-0.15, -0.1) is 0 Å². The van der Waals surface area contributed by atoms with Gasteiger partial charge in [-0.3, -0.25) is 9.78 Å². The fourth-order valence-electron chi connectivity index (χ4n) is 1.79. The van der Waals surface area contributed by atoms with Gasteiger partial charge >= 0.3 is 0 Å². The number of benzene rings is 1. The minimum Gasteiger partial charge on any atom is -0.505 e. The van der Waals surface area contributed by atoms with E-state index in [0.717, 1.165) is 11.1 Å². The molecule has 0 aliphatic carbocycles. The molecular weight excluding hydrogens is 266 g/mol. The van der Waals surface area contributed by atoms with Crippen LogP contribution in [0.5, 0.6) is 5.75 Å². The maximum atomic E-state index is 12.0. The summed E-state index contributed by atoms with van der Waals surface area (Å²) in [6.45, 7) is 0.599. The van der Waals surface area contributed by atoms with Crippen molar-refractivity contribution < 1.29 is 9.90 Å². The van der Waals surface area contributed by atoms with E-state index in [1.54, 1.807) is 0 Å². The normalized spacial score (nSPS) is 9.57. The molecular formula is C16H15N3O2. The van der Waals surface area contributed by atoms with Crippen molar-refractivity contribution in [2.24, 2.45) is 5.73 Å². The average Bonchev–Trinajstić information content (AvgIpc) is 2.52. The number of aromatic hydroxyl groups is 1. The van der Waals surface area contributed by atoms with Crippen LogP contribution in [-0.2, 0) is 6.54 Å². The van der Waals surface area contributed by atoms with Gasteiger partial charge in [-0.05, 0) is 17.7 Å². The first-order valence-corrected chi connectivity index (χ1v) is 6.40. The number of hydrogen-bond donors (Lipinski definition) is 3. The molecule has 2 rings (SSSR count). The zero-order valence-electron chi connectivity index (χ0n) is 11.3. The molecule has 1 aromatic carbocycles. The molecule has 0 saturated heterocycles. The van der Waals surface area contributed by atoms with Crippen LogP contribution in [0.4, 0.5) is 0 Å². The number of carbonyl (C=O) groups excluding carboxylic acids is 1. The highest BCUT2D eigenvalue weighted by Gasteiger charge is 2.10. The number of nitrogens with one attached hydrogen (secondary N) is 1. The van der Waals surface area contributed by atoms with Gasteiger partial charge in [-0.25, -0.2) is 0 Å². The minimum absolute atomic E-state index is 0.147. The quantitative estimate of drug-likeness (QED) is 0.733. The van der Waals surface area contributed by atoms with Crippen molar-refractivity contribution >= 4 is 5.91 Å². The second kappa shape index (κ2) is 7.08. The fraction of sp³-hybridized carbons (Fsp3) is 0.125. The number of rotatable bonds is 3. The Kier molecular flexibility index (Phi) is 4.91. The molecule has 0 atom stereocenters. The van der Waals surface area contributed by atoms with Gasteiger partial charge in [0.05, 0.1) is 18.3 Å². The molecule has 5 heteroatoms. The summed E-state index contributed by atoms with van der Waals surface area (Å²) in [5, 5.41) is 12.3. The first-order chi connectivity index (χ1) is 10.2. The van der Waals surface area contributed by atoms with Gasteiger partial charge in [0, 0.05) is 18.3 Å². The highest BCUT2D eigenvalue weighted by Crippen LogP contribution is 2.14. The molecule has 1 amide bonds. The number of aromatic nitrogens is 1. The average molecular weight is 281 g/mol. The largest absolute Gasteiger partial charge is 0.505 e. The molecule has 0 aliphatic heterocycles. The molecule has 0 spiro atoms. The monoisotopic (exact) mass is 281 g/mol. The van der Waals surface area contributed by atoms with Crippen LogP contribution >= 0.6 is 0 Å². The molecule has 0 fully saturated rings. The van der Waals surface area contributed by atoms with Crippen LogP contribution in [0.25, 0.3) is 0 Å². The van der Waals surface area contributed by atoms with E-state index in [4.69, 9.17) is 5.73 Å². The number of carbonyl (C=O) groups is 1. The van der Waals surface area contributed by atoms with Crippen molar-refractivity contribution in [2.45, 2.75) is 6.54 Å². The summed E-state index contributed by atoms with van der Waals surface area (Å²) >= 11 is 0. The fourth-order valence-corrected chi connectivity index (χ4v) is 1.79. The summed E-state index contributed by atoms with van der Waals surface area (Å²) in [6.07, 6.45) is 2.69. The topological polar surface area (TPSA) is 88.2 Å². The first kappa shape index (κ1) is 14.6. The second-order valence-electron chi connectivity index (χ2n) is 4.24. The molecule has 1 heterocycles. The van der Waals surface area contributed by atoms with Gasteiger partial charge in [-0.2, -0.15) is 0 Å². The summed E-state index contributed by atoms with van der Waals surface area (Å²) in [5.74, 6) is 5.24. The molecule has 0 saturated carbocycles. The Labute approximate surface area is 122 Å². The van der Waals surface area contributed by atoms with E-state index in [9.17, 15) is 9.90 Å². The van der Waals surface area contributed by atoms with Gasteiger partial charge in [0.2, 0.25) is 0 Å². The van der Waals surface area contributed by atoms with E-state index in [2.05, 4.69) is 22.1 Å². The molecule has 106 valence electrons. The second-order valence-corrected chi connectivity index (χ2v) is 4.24. The molecule has 4 N–H and O–H groups in total. The maximum Gasteiger partial charge on any atom is 0.255 e. The number of amides is 1. The zero-order valence-corrected chi connectivity index (χ0v) is 11.3. The highest BCUT2D eigenvalue weighted by molar-refractivity contribution is 5.96. The Morgan fingerprint density at radius 1 is 1.33 bits per heavy atom. The molecule has 5 nitrogen and oxygen atoms in total. The van der Waals surface area contributed by atoms with Crippen LogP contribution in [0, 0.1) is 11.8 Å². The maximum absolute atomic E-state index is 12.0. The van der Waals surface area contributed by atoms with Crippen molar-refractivity contribution in [2.75, 3.05) is 6.54 Å². The number of nitrogens with zero attached hydrogens (tertiary/aromatic N) is 1. The van der Waals surface area contributed by atoms with Gasteiger partial charge < -0.3 is 16.2 Å². The third-order valence-corrected chi connectivity index (χ3v) is 2.83. The lowest BCUT2D eigenvalue weighted by atomic mass is 10.1. The number of hydrogen-bond acceptors (Lipinski definition) is 4. The lowest BCUT2D eigenvalue weighted by molar-refractivity contribution is 0.0948. The summed E-state index contributed by atoms with van der Waals surface area (Å²) in [4.78, 5) is 15.7. The van der Waals surface area contributed by atoms with Crippen molar-refractivity contribution in [3.63, 3.8) is 0 Å². The van der Waals surface area contributed by atoms with E-state index < -0.39 is 0 Å². The van der Waals surface area contributed by atoms with Crippen LogP contribution < -0.4 is 11.1 Å². The zero-order chi connectivity index (χ0) is 15.1. The van der Waals surface area contributed by atoms with E-state index in [1.165, 1.54) is 18.5 Å². The molecule has 1 aromatic heterocycles. The third kappa shape index (κ3) is 3.81. The predicted octanol–water partition coefficient (Wildman–Crippen LogP) is 1.03. The van der Waals surface area contributed by atoms with E-state index in [0.29, 0.717) is 6.54 Å². The highest BCUT2D eigenvalue weighted by atomic mass is 16.3. The van der Waals surface area contributed by atoms with Crippen LogP contribution in [0.2, 0.25) is 0 Å². The molecule has 0 aliphatic rings. The molecule has 0 bridgehead atoms. The summed E-state index contributed by atoms with van der Waals surface area (Å²) in [5.41, 5.74) is 7.27. The predicted molar refractivity (Wildman–Crippen MR) is 79.4 cm³/mol. The Morgan fingerprint density at radius 2 is 2.14 bits per heavy atom. The smallest absolute Gasteiger partial charge is 0.255 e. The number of pyridine rings is 1. The summed E-state index contributed by atoms with van der Waals surface area (Å²) in [6, 6.07) is 8.96. The van der Waals surface area contributed by atoms with Gasteiger partial charge in [0.1, 0.15) is 5.75 Å². The lowest BCUT2D eigenvalue weighted by Crippen LogP contribution is -2.23. The Hall–Kier alpha value is -2.84. The minimum atomic E-state index is -0.364. The lowest BCUT2D eigenvalue weighted by Gasteiger charge is -2.08. The van der Waals surface area contributed by atoms with Gasteiger partial charge in [0.15, 0.2) is 0 Å². The Balaban J connectivity index is 2.10. The van der Waals surface area contributed by atoms with E-state index in [1.807, 2.05) is 24.3 Å². The van der Waals surface area contributed by atoms with Crippen molar-refractivity contribution in [1.29, 1.82) is 0 Å². The third-order valence-electron chi connectivity index (χ3n) is 2.83. The van der Waals surface area contributed by atoms with Crippen LogP contribution in [0.15, 0.2) is 42.7 Å². The van der Waals surface area contributed by atoms with Crippen molar-refractivity contribution in [3.05, 3.63) is 59.4 Å². The van der Waals surface area contributed by atoms with Crippen molar-refractivity contribution in [1.82, 2.24) is 10.3 Å². The van der Waals surface area contributed by atoms with Crippen LogP contribution in [0.3, 0.4) is 0 Å². The van der Waals surface area contributed by atoms with Crippen LogP contribution in [0.1, 0.15) is 21.5 Å². The molecule has 21 heavy (non-hydrogen) atoms. The summed E-state index contributed by atoms with van der Waals surface area (Å²) in [7, 11) is 0. The van der Waals surface area contributed by atoms with E-state index in [-0.39, 0.29) is 23.8 Å². The Bertz CT molecular complexity index is 702. The van der Waals surface area contributed by atoms with Gasteiger partial charge in [-0.1, -0.05) is 30.0 Å². The standard InChI is InChI=1S/C16H15N3O2/c17-8-3-6-12-4-1-2-5-13(12)10-19-16(21)14-7-9-18-11-15(14)20/h1-2,4-5,7,9,11,20H,8,10,17H2,(H,19,21). The summed E-state index contributed by atoms with van der Waals surface area (Å²) < 4.78 is 0. The molecule has 0 radical (unpaired) electrons. The molecule has 0 unspecified atom stereocenters. The molecule has 2 aromatic rings. The van der Waals surface area contributed by atoms with Gasteiger partial charge in [0.25, 0.3) is 5.91 Å². The van der Waals surface area contributed by atoms with Crippen LogP contribution in [-0.4, -0.2) is 22.5 Å². The SMILES string of the molecule is NCC#Cc1ccccc1CNC(=O)c1ccncc1O. The Morgan fingerprint density at radius 3 is 2.90 bits per heavy atom. The van der Waals surface area contributed by atoms with E-state index >= 15 is 0 Å². The number of nitrogens with two attached hydrogens (primary N) is 1. The van der Waals surface area contributed by atoms with Crippen molar-refractivity contribution in [3.8, 4) is 17.6 Å².